The molecular formula is C27H43F4N5O3S. The fourth-order valence-corrected chi connectivity index (χ4v) is 5.62. The molecule has 0 saturated carbocycles. The number of alkyl halides is 3. The standard InChI is InChI=1S/C23H31F4N5O3S.2C2H6/c1-22(2,21(28)29)36(33,34)12-17(23(25,26)27)16-10-14(5-6-18(16)24)31-20-19-13(7-8-30-20)9-15(35-4)11-32(19)3;2*1-2/h5-10,17,20-21,30-31H,11-12,28-29H2,1-4H3;2*1-2H3. The molecule has 0 fully saturated rings. The van der Waals surface area contributed by atoms with Gasteiger partial charge in [-0.05, 0) is 50.4 Å². The zero-order valence-electron chi connectivity index (χ0n) is 24.4. The van der Waals surface area contributed by atoms with E-state index in [1.807, 2.05) is 51.8 Å². The summed E-state index contributed by atoms with van der Waals surface area (Å²) in [6, 6.07) is 3.15. The molecule has 2 aliphatic heterocycles. The number of dihydropyridines is 1. The van der Waals surface area contributed by atoms with E-state index in [1.54, 1.807) is 13.3 Å². The highest BCUT2D eigenvalue weighted by atomic mass is 32.2. The van der Waals surface area contributed by atoms with E-state index in [2.05, 4.69) is 10.6 Å². The van der Waals surface area contributed by atoms with Crippen LogP contribution in [0.3, 0.4) is 0 Å². The highest BCUT2D eigenvalue weighted by Gasteiger charge is 2.49. The van der Waals surface area contributed by atoms with Crippen molar-refractivity contribution in [2.75, 3.05) is 31.8 Å². The van der Waals surface area contributed by atoms with Gasteiger partial charge in [-0.1, -0.05) is 27.7 Å². The van der Waals surface area contributed by atoms with Crippen molar-refractivity contribution >= 4 is 15.5 Å². The van der Waals surface area contributed by atoms with Crippen molar-refractivity contribution in [2.24, 2.45) is 11.5 Å². The van der Waals surface area contributed by atoms with Crippen molar-refractivity contribution in [3.8, 4) is 0 Å². The molecule has 1 aromatic carbocycles. The minimum Gasteiger partial charge on any atom is -0.499 e. The van der Waals surface area contributed by atoms with Crippen LogP contribution in [0.4, 0.5) is 23.2 Å². The molecule has 0 radical (unpaired) electrons. The van der Waals surface area contributed by atoms with Gasteiger partial charge in [-0.2, -0.15) is 13.2 Å². The Bertz CT molecular complexity index is 1200. The number of allylic oxidation sites excluding steroid dienone is 3. The molecule has 1 aromatic rings. The molecule has 0 bridgehead atoms. The number of halogens is 4. The molecule has 13 heteroatoms. The Labute approximate surface area is 235 Å². The van der Waals surface area contributed by atoms with E-state index in [-0.39, 0.29) is 5.69 Å². The molecular weight excluding hydrogens is 550 g/mol. The van der Waals surface area contributed by atoms with Crippen LogP contribution in [0.2, 0.25) is 0 Å². The SMILES string of the molecule is CC.CC.COC1=CC2=C(C(Nc3ccc(F)c(C(CS(=O)(=O)C(C)(C)C(N)N)C(F)(F)F)c3)NC=C2)N(C)C1. The van der Waals surface area contributed by atoms with Crippen LogP contribution in [0.25, 0.3) is 0 Å². The summed E-state index contributed by atoms with van der Waals surface area (Å²) in [7, 11) is -1.09. The number of benzene rings is 1. The molecule has 0 aliphatic carbocycles. The molecule has 3 rings (SSSR count). The lowest BCUT2D eigenvalue weighted by atomic mass is 9.98. The van der Waals surface area contributed by atoms with Crippen LogP contribution in [-0.4, -0.2) is 63.0 Å². The van der Waals surface area contributed by atoms with Gasteiger partial charge < -0.3 is 31.7 Å². The fraction of sp³-hybridized carbons (Fsp3) is 0.556. The number of sulfone groups is 1. The van der Waals surface area contributed by atoms with Gasteiger partial charge >= 0.3 is 6.18 Å². The van der Waals surface area contributed by atoms with E-state index in [0.29, 0.717) is 6.54 Å². The van der Waals surface area contributed by atoms with E-state index in [9.17, 15) is 26.0 Å². The third kappa shape index (κ3) is 7.91. The molecule has 0 saturated heterocycles. The lowest BCUT2D eigenvalue weighted by molar-refractivity contribution is -0.146. The van der Waals surface area contributed by atoms with Crippen LogP contribution in [-0.2, 0) is 14.6 Å². The Hall–Kier alpha value is -2.77. The minimum atomic E-state index is -5.05. The van der Waals surface area contributed by atoms with Gasteiger partial charge in [0.25, 0.3) is 0 Å². The van der Waals surface area contributed by atoms with Crippen LogP contribution < -0.4 is 22.1 Å². The molecule has 8 nitrogen and oxygen atoms in total. The second-order valence-corrected chi connectivity index (χ2v) is 11.9. The van der Waals surface area contributed by atoms with Crippen molar-refractivity contribution < 1.29 is 30.7 Å². The summed E-state index contributed by atoms with van der Waals surface area (Å²) < 4.78 is 86.1. The smallest absolute Gasteiger partial charge is 0.396 e. The van der Waals surface area contributed by atoms with Gasteiger partial charge in [0.1, 0.15) is 17.7 Å². The fourth-order valence-electron chi connectivity index (χ4n) is 3.97. The third-order valence-electron chi connectivity index (χ3n) is 6.55. The van der Waals surface area contributed by atoms with Gasteiger partial charge in [0.2, 0.25) is 0 Å². The predicted molar refractivity (Wildman–Crippen MR) is 152 cm³/mol. The van der Waals surface area contributed by atoms with Crippen molar-refractivity contribution in [1.29, 1.82) is 0 Å². The average molecular weight is 594 g/mol. The number of anilines is 1. The zero-order chi connectivity index (χ0) is 31.1. The average Bonchev–Trinajstić information content (AvgIpc) is 2.90. The Morgan fingerprint density at radius 2 is 1.77 bits per heavy atom. The molecule has 2 unspecified atom stereocenters. The number of hydrogen-bond donors (Lipinski definition) is 4. The molecule has 2 atom stereocenters. The summed E-state index contributed by atoms with van der Waals surface area (Å²) in [5, 5.41) is 6.17. The van der Waals surface area contributed by atoms with E-state index < -0.39 is 56.1 Å². The first-order chi connectivity index (χ1) is 18.6. The molecule has 0 aromatic heterocycles. The minimum absolute atomic E-state index is 0.169. The maximum absolute atomic E-state index is 14.7. The molecule has 6 N–H and O–H groups in total. The maximum atomic E-state index is 14.7. The van der Waals surface area contributed by atoms with Crippen molar-refractivity contribution in [3.63, 3.8) is 0 Å². The Morgan fingerprint density at radius 1 is 1.18 bits per heavy atom. The number of nitrogens with zero attached hydrogens (tertiary/aromatic N) is 1. The summed E-state index contributed by atoms with van der Waals surface area (Å²) in [6.45, 7) is 10.8. The molecule has 228 valence electrons. The van der Waals surface area contributed by atoms with Crippen molar-refractivity contribution in [1.82, 2.24) is 10.2 Å². The van der Waals surface area contributed by atoms with Gasteiger partial charge in [0.15, 0.2) is 9.84 Å². The lowest BCUT2D eigenvalue weighted by Crippen LogP contribution is -2.56. The quantitative estimate of drug-likeness (QED) is 0.256. The largest absolute Gasteiger partial charge is 0.499 e. The topological polar surface area (TPSA) is 123 Å². The lowest BCUT2D eigenvalue weighted by Gasteiger charge is -2.37. The van der Waals surface area contributed by atoms with Gasteiger partial charge in [-0.15, -0.1) is 0 Å². The van der Waals surface area contributed by atoms with Crippen molar-refractivity contribution in [2.45, 2.75) is 70.7 Å². The van der Waals surface area contributed by atoms with Crippen LogP contribution >= 0.6 is 0 Å². The summed E-state index contributed by atoms with van der Waals surface area (Å²) in [6.07, 6.45) is -1.67. The summed E-state index contributed by atoms with van der Waals surface area (Å²) in [5.41, 5.74) is 12.1. The predicted octanol–water partition coefficient (Wildman–Crippen LogP) is 4.55. The molecule has 2 heterocycles. The van der Waals surface area contributed by atoms with Gasteiger partial charge in [0.05, 0.1) is 41.9 Å². The number of hydrogen-bond acceptors (Lipinski definition) is 8. The van der Waals surface area contributed by atoms with Gasteiger partial charge in [0, 0.05) is 23.9 Å². The van der Waals surface area contributed by atoms with Crippen LogP contribution in [0, 0.1) is 5.82 Å². The second kappa shape index (κ2) is 14.2. The van der Waals surface area contributed by atoms with E-state index in [1.165, 1.54) is 6.07 Å². The number of likely N-dealkylation sites (N-methyl/N-ethyl adjacent to an activating group) is 1. The molecule has 40 heavy (non-hydrogen) atoms. The second-order valence-electron chi connectivity index (χ2n) is 9.33. The van der Waals surface area contributed by atoms with Crippen molar-refractivity contribution in [3.05, 3.63) is 65.0 Å². The van der Waals surface area contributed by atoms with E-state index >= 15 is 0 Å². The Balaban J connectivity index is 0.00000191. The zero-order valence-corrected chi connectivity index (χ0v) is 25.2. The highest BCUT2D eigenvalue weighted by Crippen LogP contribution is 2.40. The van der Waals surface area contributed by atoms with Crippen LogP contribution in [0.5, 0.6) is 0 Å². The van der Waals surface area contributed by atoms with Gasteiger partial charge in [-0.25, -0.2) is 12.8 Å². The molecule has 0 amide bonds. The van der Waals surface area contributed by atoms with Crippen LogP contribution in [0.1, 0.15) is 53.0 Å². The number of nitrogens with one attached hydrogen (secondary N) is 2. The maximum Gasteiger partial charge on any atom is 0.396 e. The summed E-state index contributed by atoms with van der Waals surface area (Å²) in [4.78, 5) is 1.91. The first kappa shape index (κ1) is 35.3. The third-order valence-corrected chi connectivity index (χ3v) is 9.19. The Kier molecular flexibility index (Phi) is 12.5. The monoisotopic (exact) mass is 593 g/mol. The molecule has 0 spiro atoms. The highest BCUT2D eigenvalue weighted by molar-refractivity contribution is 7.92. The summed E-state index contributed by atoms with van der Waals surface area (Å²) >= 11 is 0. The number of nitrogens with two attached hydrogens (primary N) is 2. The van der Waals surface area contributed by atoms with E-state index in [4.69, 9.17) is 16.2 Å². The van der Waals surface area contributed by atoms with Crippen LogP contribution in [0.15, 0.2) is 53.6 Å². The number of methoxy groups -OCH3 is 1. The number of ether oxygens (including phenoxy) is 1. The van der Waals surface area contributed by atoms with Gasteiger partial charge in [-0.3, -0.25) is 0 Å². The normalized spacial score (nSPS) is 17.9. The Morgan fingerprint density at radius 3 is 2.30 bits per heavy atom. The van der Waals surface area contributed by atoms with E-state index in [0.717, 1.165) is 43.0 Å². The first-order valence-electron chi connectivity index (χ1n) is 13.1. The summed E-state index contributed by atoms with van der Waals surface area (Å²) in [5.74, 6) is -4.46. The first-order valence-corrected chi connectivity index (χ1v) is 14.7. The molecule has 2 aliphatic rings. The number of rotatable bonds is 8.